The SMILES string of the molecule is Cc1cn(C)c2c(=O)[nH]c(I)nc12. The van der Waals surface area contributed by atoms with Crippen LogP contribution in [-0.2, 0) is 7.05 Å². The van der Waals surface area contributed by atoms with E-state index in [0.29, 0.717) is 9.35 Å². The summed E-state index contributed by atoms with van der Waals surface area (Å²) in [6.45, 7) is 1.95. The highest BCUT2D eigenvalue weighted by Gasteiger charge is 2.08. The van der Waals surface area contributed by atoms with E-state index in [9.17, 15) is 4.79 Å². The summed E-state index contributed by atoms with van der Waals surface area (Å²) in [4.78, 5) is 18.4. The van der Waals surface area contributed by atoms with Crippen LogP contribution < -0.4 is 5.56 Å². The van der Waals surface area contributed by atoms with E-state index in [1.54, 1.807) is 4.57 Å². The lowest BCUT2D eigenvalue weighted by Crippen LogP contribution is -2.11. The first-order valence-electron chi connectivity index (χ1n) is 3.81. The van der Waals surface area contributed by atoms with Gasteiger partial charge in [-0.3, -0.25) is 4.79 Å². The molecular formula is C8H8IN3O. The van der Waals surface area contributed by atoms with Crippen molar-refractivity contribution in [1.29, 1.82) is 0 Å². The molecule has 4 nitrogen and oxygen atoms in total. The van der Waals surface area contributed by atoms with Gasteiger partial charge in [-0.25, -0.2) is 4.98 Å². The molecule has 0 aromatic carbocycles. The Morgan fingerprint density at radius 2 is 2.31 bits per heavy atom. The van der Waals surface area contributed by atoms with Gasteiger partial charge in [-0.2, -0.15) is 0 Å². The van der Waals surface area contributed by atoms with Crippen molar-refractivity contribution >= 4 is 33.6 Å². The first-order valence-corrected chi connectivity index (χ1v) is 4.89. The number of fused-ring (bicyclic) bond motifs is 1. The van der Waals surface area contributed by atoms with Gasteiger partial charge in [0.1, 0.15) is 5.52 Å². The molecule has 0 spiro atoms. The maximum absolute atomic E-state index is 11.5. The van der Waals surface area contributed by atoms with Crippen molar-refractivity contribution < 1.29 is 0 Å². The molecule has 68 valence electrons. The largest absolute Gasteiger partial charge is 0.344 e. The number of nitrogens with one attached hydrogen (secondary N) is 1. The van der Waals surface area contributed by atoms with Crippen LogP contribution in [0.4, 0.5) is 0 Å². The zero-order chi connectivity index (χ0) is 9.59. The predicted octanol–water partition coefficient (Wildman–Crippen LogP) is 1.17. The van der Waals surface area contributed by atoms with Gasteiger partial charge in [0, 0.05) is 13.2 Å². The molecule has 0 aliphatic rings. The van der Waals surface area contributed by atoms with Crippen molar-refractivity contribution in [3.05, 3.63) is 25.9 Å². The molecule has 0 bridgehead atoms. The van der Waals surface area contributed by atoms with Crippen LogP contribution in [0.25, 0.3) is 11.0 Å². The minimum atomic E-state index is -0.0787. The number of aromatic amines is 1. The Labute approximate surface area is 88.1 Å². The second-order valence-corrected chi connectivity index (χ2v) is 4.00. The first-order chi connectivity index (χ1) is 6.09. The number of halogens is 1. The number of aromatic nitrogens is 3. The van der Waals surface area contributed by atoms with Crippen LogP contribution in [0, 0.1) is 10.8 Å². The quantitative estimate of drug-likeness (QED) is 0.585. The molecular weight excluding hydrogens is 281 g/mol. The molecule has 0 radical (unpaired) electrons. The molecule has 0 aliphatic heterocycles. The van der Waals surface area contributed by atoms with Crippen molar-refractivity contribution in [2.45, 2.75) is 6.92 Å². The van der Waals surface area contributed by atoms with E-state index < -0.39 is 0 Å². The van der Waals surface area contributed by atoms with E-state index in [0.717, 1.165) is 11.1 Å². The second-order valence-electron chi connectivity index (χ2n) is 2.98. The molecule has 2 aromatic heterocycles. The summed E-state index contributed by atoms with van der Waals surface area (Å²) in [5.41, 5.74) is 2.38. The van der Waals surface area contributed by atoms with Crippen LogP contribution >= 0.6 is 22.6 Å². The zero-order valence-corrected chi connectivity index (χ0v) is 9.42. The number of hydrogen-bond acceptors (Lipinski definition) is 2. The Morgan fingerprint density at radius 3 is 3.00 bits per heavy atom. The van der Waals surface area contributed by atoms with Crippen LogP contribution in [0.3, 0.4) is 0 Å². The van der Waals surface area contributed by atoms with E-state index >= 15 is 0 Å². The molecule has 0 amide bonds. The summed E-state index contributed by atoms with van der Waals surface area (Å²) < 4.78 is 2.43. The third-order valence-corrected chi connectivity index (χ3v) is 2.49. The van der Waals surface area contributed by atoms with Crippen molar-refractivity contribution in [3.63, 3.8) is 0 Å². The Kier molecular flexibility index (Phi) is 1.90. The average Bonchev–Trinajstić information content (AvgIpc) is 2.27. The minimum Gasteiger partial charge on any atom is -0.344 e. The van der Waals surface area contributed by atoms with E-state index in [-0.39, 0.29) is 5.56 Å². The Morgan fingerprint density at radius 1 is 1.62 bits per heavy atom. The standard InChI is InChI=1S/C8H8IN3O/c1-4-3-12(2)6-5(4)10-8(9)11-7(6)13/h3H,1-2H3,(H,10,11,13). The van der Waals surface area contributed by atoms with Gasteiger partial charge in [0.25, 0.3) is 5.56 Å². The Bertz CT molecular complexity index is 526. The number of H-pyrrole nitrogens is 1. The first kappa shape index (κ1) is 8.74. The van der Waals surface area contributed by atoms with Crippen LogP contribution in [-0.4, -0.2) is 14.5 Å². The van der Waals surface area contributed by atoms with Gasteiger partial charge in [0.15, 0.2) is 3.83 Å². The van der Waals surface area contributed by atoms with Crippen molar-refractivity contribution in [2.24, 2.45) is 7.05 Å². The number of aryl methyl sites for hydroxylation is 2. The van der Waals surface area contributed by atoms with Crippen molar-refractivity contribution in [2.75, 3.05) is 0 Å². The van der Waals surface area contributed by atoms with Gasteiger partial charge in [0.2, 0.25) is 0 Å². The van der Waals surface area contributed by atoms with Crippen LogP contribution in [0.15, 0.2) is 11.0 Å². The lowest BCUT2D eigenvalue weighted by atomic mass is 10.3. The van der Waals surface area contributed by atoms with Crippen molar-refractivity contribution in [1.82, 2.24) is 14.5 Å². The predicted molar refractivity (Wildman–Crippen MR) is 58.8 cm³/mol. The third kappa shape index (κ3) is 1.27. The lowest BCUT2D eigenvalue weighted by Gasteiger charge is -1.94. The molecule has 2 aromatic rings. The fraction of sp³-hybridized carbons (Fsp3) is 0.250. The van der Waals surface area contributed by atoms with Gasteiger partial charge >= 0.3 is 0 Å². The minimum absolute atomic E-state index is 0.0787. The molecule has 0 unspecified atom stereocenters. The Hall–Kier alpha value is -0.850. The number of hydrogen-bond donors (Lipinski definition) is 1. The van der Waals surface area contributed by atoms with E-state index in [1.165, 1.54) is 0 Å². The summed E-state index contributed by atoms with van der Waals surface area (Å²) in [6, 6.07) is 0. The number of rotatable bonds is 0. The Balaban J connectivity index is 3.06. The summed E-state index contributed by atoms with van der Waals surface area (Å²) in [7, 11) is 1.85. The van der Waals surface area contributed by atoms with Crippen LogP contribution in [0.5, 0.6) is 0 Å². The van der Waals surface area contributed by atoms with Gasteiger partial charge in [-0.05, 0) is 35.1 Å². The molecule has 0 aliphatic carbocycles. The van der Waals surface area contributed by atoms with Gasteiger partial charge in [-0.15, -0.1) is 0 Å². The summed E-state index contributed by atoms with van der Waals surface area (Å²) >= 11 is 2.00. The fourth-order valence-electron chi connectivity index (χ4n) is 1.46. The second kappa shape index (κ2) is 2.83. The highest BCUT2D eigenvalue weighted by Crippen LogP contribution is 2.13. The van der Waals surface area contributed by atoms with Gasteiger partial charge in [-0.1, -0.05) is 0 Å². The van der Waals surface area contributed by atoms with Gasteiger partial charge < -0.3 is 9.55 Å². The van der Waals surface area contributed by atoms with Gasteiger partial charge in [0.05, 0.1) is 5.52 Å². The lowest BCUT2D eigenvalue weighted by molar-refractivity contribution is 0.947. The number of nitrogens with zero attached hydrogens (tertiary/aromatic N) is 2. The van der Waals surface area contributed by atoms with Crippen LogP contribution in [0.2, 0.25) is 0 Å². The topological polar surface area (TPSA) is 50.7 Å². The molecule has 1 N–H and O–H groups in total. The molecule has 2 rings (SSSR count). The van der Waals surface area contributed by atoms with Crippen molar-refractivity contribution in [3.8, 4) is 0 Å². The maximum Gasteiger partial charge on any atom is 0.276 e. The molecule has 2 heterocycles. The van der Waals surface area contributed by atoms with E-state index in [2.05, 4.69) is 9.97 Å². The van der Waals surface area contributed by atoms with E-state index in [4.69, 9.17) is 0 Å². The fourth-order valence-corrected chi connectivity index (χ4v) is 1.94. The zero-order valence-electron chi connectivity index (χ0n) is 7.26. The third-order valence-electron chi connectivity index (χ3n) is 1.98. The average molecular weight is 289 g/mol. The summed E-state index contributed by atoms with van der Waals surface area (Å²) in [5.74, 6) is 0. The smallest absolute Gasteiger partial charge is 0.276 e. The highest BCUT2D eigenvalue weighted by molar-refractivity contribution is 14.1. The normalized spacial score (nSPS) is 11.0. The molecule has 5 heteroatoms. The summed E-state index contributed by atoms with van der Waals surface area (Å²) in [6.07, 6.45) is 1.91. The monoisotopic (exact) mass is 289 g/mol. The van der Waals surface area contributed by atoms with Crippen LogP contribution in [0.1, 0.15) is 5.56 Å². The molecule has 0 saturated carbocycles. The highest BCUT2D eigenvalue weighted by atomic mass is 127. The molecule has 13 heavy (non-hydrogen) atoms. The molecule has 0 atom stereocenters. The molecule has 0 saturated heterocycles. The molecule has 0 fully saturated rings. The maximum atomic E-state index is 11.5. The summed E-state index contributed by atoms with van der Waals surface area (Å²) in [5, 5.41) is 0. The van der Waals surface area contributed by atoms with E-state index in [1.807, 2.05) is 42.8 Å².